The molecular formula is C22H26N4O2. The Hall–Kier alpha value is -3.15. The Kier molecular flexibility index (Phi) is 5.78. The minimum atomic E-state index is -0.347. The van der Waals surface area contributed by atoms with Gasteiger partial charge in [-0.15, -0.1) is 0 Å². The summed E-state index contributed by atoms with van der Waals surface area (Å²) in [5, 5.41) is 5.84. The number of imidazole rings is 1. The molecular weight excluding hydrogens is 352 g/mol. The maximum Gasteiger partial charge on any atom is 0.292 e. The molecule has 0 fully saturated rings. The number of carbonyl (C=O) groups excluding carboxylic acids is 2. The second-order valence-corrected chi connectivity index (χ2v) is 7.40. The Labute approximate surface area is 165 Å². The van der Waals surface area contributed by atoms with Crippen molar-refractivity contribution in [2.45, 2.75) is 34.1 Å². The van der Waals surface area contributed by atoms with Crippen LogP contribution in [0.4, 0.5) is 5.69 Å². The molecule has 2 heterocycles. The number of anilines is 1. The van der Waals surface area contributed by atoms with Gasteiger partial charge in [-0.1, -0.05) is 38.1 Å². The molecule has 146 valence electrons. The van der Waals surface area contributed by atoms with E-state index in [4.69, 9.17) is 0 Å². The highest BCUT2D eigenvalue weighted by molar-refractivity contribution is 6.06. The third-order valence-electron chi connectivity index (χ3n) is 4.69. The van der Waals surface area contributed by atoms with Gasteiger partial charge in [-0.2, -0.15) is 0 Å². The number of aromatic nitrogens is 2. The standard InChI is InChI=1S/C22H26N4O2/c1-14(2)11-12-23-21(27)19-17-10-5-6-13-26(17)20(24-19)22(28)25-18-15(3)8-7-9-16(18)4/h5-10,13-14H,11-12H2,1-4H3,(H,23,27)(H,25,28). The molecule has 0 spiro atoms. The van der Waals surface area contributed by atoms with Gasteiger partial charge in [-0.3, -0.25) is 14.0 Å². The van der Waals surface area contributed by atoms with Crippen molar-refractivity contribution >= 4 is 23.0 Å². The largest absolute Gasteiger partial charge is 0.351 e. The van der Waals surface area contributed by atoms with Crippen LogP contribution in [0.3, 0.4) is 0 Å². The first-order valence-electron chi connectivity index (χ1n) is 9.51. The van der Waals surface area contributed by atoms with Crippen LogP contribution in [0.15, 0.2) is 42.6 Å². The van der Waals surface area contributed by atoms with E-state index in [0.717, 1.165) is 23.2 Å². The van der Waals surface area contributed by atoms with Gasteiger partial charge in [0.15, 0.2) is 5.69 Å². The predicted molar refractivity (Wildman–Crippen MR) is 111 cm³/mol. The number of hydrogen-bond acceptors (Lipinski definition) is 3. The lowest BCUT2D eigenvalue weighted by Gasteiger charge is -2.10. The molecule has 6 heteroatoms. The third kappa shape index (κ3) is 4.06. The Morgan fingerprint density at radius 2 is 1.75 bits per heavy atom. The van der Waals surface area contributed by atoms with Crippen molar-refractivity contribution in [2.75, 3.05) is 11.9 Å². The lowest BCUT2D eigenvalue weighted by Crippen LogP contribution is -2.26. The molecule has 2 aromatic heterocycles. The molecule has 3 aromatic rings. The first kappa shape index (κ1) is 19.6. The number of nitrogens with one attached hydrogen (secondary N) is 2. The quantitative estimate of drug-likeness (QED) is 0.681. The fraction of sp³-hybridized carbons (Fsp3) is 0.318. The van der Waals surface area contributed by atoms with Crippen molar-refractivity contribution in [2.24, 2.45) is 5.92 Å². The van der Waals surface area contributed by atoms with E-state index in [0.29, 0.717) is 18.0 Å². The lowest BCUT2D eigenvalue weighted by molar-refractivity contribution is 0.0949. The monoisotopic (exact) mass is 378 g/mol. The first-order chi connectivity index (χ1) is 13.4. The van der Waals surface area contributed by atoms with Crippen LogP contribution in [0.1, 0.15) is 52.5 Å². The van der Waals surface area contributed by atoms with Gasteiger partial charge in [0, 0.05) is 18.4 Å². The van der Waals surface area contributed by atoms with Gasteiger partial charge < -0.3 is 10.6 Å². The fourth-order valence-electron chi connectivity index (χ4n) is 3.10. The average molecular weight is 378 g/mol. The molecule has 0 radical (unpaired) electrons. The maximum absolute atomic E-state index is 12.9. The normalized spacial score (nSPS) is 11.0. The molecule has 1 aromatic carbocycles. The van der Waals surface area contributed by atoms with Crippen LogP contribution < -0.4 is 10.6 Å². The zero-order chi connectivity index (χ0) is 20.3. The van der Waals surface area contributed by atoms with E-state index in [2.05, 4.69) is 29.5 Å². The topological polar surface area (TPSA) is 75.5 Å². The molecule has 0 saturated carbocycles. The zero-order valence-corrected chi connectivity index (χ0v) is 16.7. The van der Waals surface area contributed by atoms with Crippen LogP contribution >= 0.6 is 0 Å². The Balaban J connectivity index is 1.91. The molecule has 0 aliphatic rings. The van der Waals surface area contributed by atoms with E-state index >= 15 is 0 Å². The molecule has 0 aliphatic carbocycles. The van der Waals surface area contributed by atoms with E-state index in [1.165, 1.54) is 0 Å². The number of hydrogen-bond donors (Lipinski definition) is 2. The van der Waals surface area contributed by atoms with Gasteiger partial charge in [0.1, 0.15) is 0 Å². The van der Waals surface area contributed by atoms with Crippen LogP contribution in [0.5, 0.6) is 0 Å². The van der Waals surface area contributed by atoms with Crippen molar-refractivity contribution in [3.8, 4) is 0 Å². The van der Waals surface area contributed by atoms with Crippen molar-refractivity contribution in [1.29, 1.82) is 0 Å². The summed E-state index contributed by atoms with van der Waals surface area (Å²) in [5.41, 5.74) is 3.58. The van der Waals surface area contributed by atoms with Crippen molar-refractivity contribution in [1.82, 2.24) is 14.7 Å². The van der Waals surface area contributed by atoms with Crippen molar-refractivity contribution in [3.05, 3.63) is 65.2 Å². The molecule has 0 bridgehead atoms. The summed E-state index contributed by atoms with van der Waals surface area (Å²) in [7, 11) is 0. The van der Waals surface area contributed by atoms with Gasteiger partial charge in [-0.05, 0) is 49.4 Å². The summed E-state index contributed by atoms with van der Waals surface area (Å²) in [4.78, 5) is 30.0. The van der Waals surface area contributed by atoms with Crippen LogP contribution in [-0.2, 0) is 0 Å². The Morgan fingerprint density at radius 1 is 1.04 bits per heavy atom. The summed E-state index contributed by atoms with van der Waals surface area (Å²) in [6, 6.07) is 11.3. The highest BCUT2D eigenvalue weighted by atomic mass is 16.2. The highest BCUT2D eigenvalue weighted by Crippen LogP contribution is 2.21. The summed E-state index contributed by atoms with van der Waals surface area (Å²) < 4.78 is 1.65. The van der Waals surface area contributed by atoms with E-state index in [9.17, 15) is 9.59 Å². The molecule has 28 heavy (non-hydrogen) atoms. The van der Waals surface area contributed by atoms with Gasteiger partial charge >= 0.3 is 0 Å². The number of fused-ring (bicyclic) bond motifs is 1. The van der Waals surface area contributed by atoms with Crippen LogP contribution in [0, 0.1) is 19.8 Å². The summed E-state index contributed by atoms with van der Waals surface area (Å²) >= 11 is 0. The van der Waals surface area contributed by atoms with Gasteiger partial charge in [0.25, 0.3) is 11.8 Å². The summed E-state index contributed by atoms with van der Waals surface area (Å²) in [6.07, 6.45) is 2.63. The van der Waals surface area contributed by atoms with Gasteiger partial charge in [0.05, 0.1) is 5.52 Å². The van der Waals surface area contributed by atoms with E-state index in [-0.39, 0.29) is 23.3 Å². The van der Waals surface area contributed by atoms with Crippen LogP contribution in [0.25, 0.3) is 5.52 Å². The zero-order valence-electron chi connectivity index (χ0n) is 16.7. The maximum atomic E-state index is 12.9. The fourth-order valence-corrected chi connectivity index (χ4v) is 3.10. The molecule has 6 nitrogen and oxygen atoms in total. The molecule has 3 rings (SSSR count). The minimum Gasteiger partial charge on any atom is -0.351 e. The average Bonchev–Trinajstić information content (AvgIpc) is 3.04. The third-order valence-corrected chi connectivity index (χ3v) is 4.69. The molecule has 0 atom stereocenters. The smallest absolute Gasteiger partial charge is 0.292 e. The molecule has 2 amide bonds. The van der Waals surface area contributed by atoms with Crippen LogP contribution in [-0.4, -0.2) is 27.7 Å². The van der Waals surface area contributed by atoms with E-state index in [1.807, 2.05) is 44.2 Å². The number of aryl methyl sites for hydroxylation is 2. The van der Waals surface area contributed by atoms with E-state index < -0.39 is 0 Å². The predicted octanol–water partition coefficient (Wildman–Crippen LogP) is 3.98. The lowest BCUT2D eigenvalue weighted by atomic mass is 10.1. The number of amides is 2. The van der Waals surface area contributed by atoms with E-state index in [1.54, 1.807) is 16.7 Å². The Morgan fingerprint density at radius 3 is 2.43 bits per heavy atom. The van der Waals surface area contributed by atoms with Gasteiger partial charge in [-0.25, -0.2) is 4.98 Å². The number of carbonyl (C=O) groups is 2. The second-order valence-electron chi connectivity index (χ2n) is 7.40. The first-order valence-corrected chi connectivity index (χ1v) is 9.51. The van der Waals surface area contributed by atoms with Gasteiger partial charge in [0.2, 0.25) is 5.82 Å². The van der Waals surface area contributed by atoms with Crippen molar-refractivity contribution < 1.29 is 9.59 Å². The molecule has 0 saturated heterocycles. The number of pyridine rings is 1. The van der Waals surface area contributed by atoms with Crippen LogP contribution in [0.2, 0.25) is 0 Å². The van der Waals surface area contributed by atoms with Crippen molar-refractivity contribution in [3.63, 3.8) is 0 Å². The number of benzene rings is 1. The summed E-state index contributed by atoms with van der Waals surface area (Å²) in [5.74, 6) is 0.0697. The number of nitrogens with zero attached hydrogens (tertiary/aromatic N) is 2. The number of rotatable bonds is 6. The SMILES string of the molecule is Cc1cccc(C)c1NC(=O)c1nc(C(=O)NCCC(C)C)c2ccccn12. The Bertz CT molecular complexity index is 1000. The molecule has 2 N–H and O–H groups in total. The second kappa shape index (κ2) is 8.25. The highest BCUT2D eigenvalue weighted by Gasteiger charge is 2.22. The molecule has 0 aliphatic heterocycles. The molecule has 0 unspecified atom stereocenters. The summed E-state index contributed by atoms with van der Waals surface area (Å²) in [6.45, 7) is 8.68. The number of para-hydroxylation sites is 1. The minimum absolute atomic E-state index is 0.187.